The molecular formula is C15H11N3O3S. The summed E-state index contributed by atoms with van der Waals surface area (Å²) in [4.78, 5) is 23.5. The number of nitriles is 1. The zero-order valence-electron chi connectivity index (χ0n) is 11.6. The summed E-state index contributed by atoms with van der Waals surface area (Å²) in [5.41, 5.74) is 0.686. The van der Waals surface area contributed by atoms with Gasteiger partial charge >= 0.3 is 0 Å². The number of amides is 1. The molecule has 1 amide bonds. The van der Waals surface area contributed by atoms with Gasteiger partial charge in [-0.05, 0) is 42.7 Å². The Morgan fingerprint density at radius 1 is 1.27 bits per heavy atom. The Morgan fingerprint density at radius 2 is 1.95 bits per heavy atom. The number of nitro groups is 1. The molecule has 2 aromatic carbocycles. The number of hydrogen-bond donors (Lipinski definition) is 1. The highest BCUT2D eigenvalue weighted by Crippen LogP contribution is 2.25. The summed E-state index contributed by atoms with van der Waals surface area (Å²) in [6, 6.07) is 12.6. The van der Waals surface area contributed by atoms with Crippen LogP contribution in [0.4, 0.5) is 11.4 Å². The number of nitrogens with zero attached hydrogens (tertiary/aromatic N) is 2. The molecule has 0 saturated carbocycles. The normalized spacial score (nSPS) is 9.82. The Bertz CT molecular complexity index is 767. The minimum atomic E-state index is -0.586. The molecule has 2 aromatic rings. The van der Waals surface area contributed by atoms with Crippen LogP contribution in [0.1, 0.15) is 15.9 Å². The van der Waals surface area contributed by atoms with Crippen LogP contribution in [0.5, 0.6) is 0 Å². The fraction of sp³-hybridized carbons (Fsp3) is 0.0667. The summed E-state index contributed by atoms with van der Waals surface area (Å²) in [5.74, 6) is -0.563. The van der Waals surface area contributed by atoms with Gasteiger partial charge in [-0.25, -0.2) is 0 Å². The Kier molecular flexibility index (Phi) is 4.76. The van der Waals surface area contributed by atoms with Crippen LogP contribution < -0.4 is 5.32 Å². The summed E-state index contributed by atoms with van der Waals surface area (Å²) >= 11 is 1.39. The van der Waals surface area contributed by atoms with Crippen molar-refractivity contribution in [3.8, 4) is 6.07 Å². The van der Waals surface area contributed by atoms with Gasteiger partial charge in [0, 0.05) is 16.6 Å². The lowest BCUT2D eigenvalue weighted by Gasteiger charge is -2.07. The van der Waals surface area contributed by atoms with Crippen molar-refractivity contribution in [3.63, 3.8) is 0 Å². The minimum absolute atomic E-state index is 0.00112. The third kappa shape index (κ3) is 3.42. The van der Waals surface area contributed by atoms with Gasteiger partial charge in [-0.2, -0.15) is 5.26 Å². The van der Waals surface area contributed by atoms with Crippen molar-refractivity contribution in [2.45, 2.75) is 4.90 Å². The molecule has 110 valence electrons. The molecule has 1 N–H and O–H groups in total. The van der Waals surface area contributed by atoms with Crippen LogP contribution in [0.2, 0.25) is 0 Å². The molecule has 0 aliphatic rings. The number of thioether (sulfide) groups is 1. The molecule has 0 unspecified atom stereocenters. The van der Waals surface area contributed by atoms with Gasteiger partial charge in [-0.3, -0.25) is 14.9 Å². The molecule has 0 aromatic heterocycles. The highest BCUT2D eigenvalue weighted by atomic mass is 32.2. The molecule has 0 heterocycles. The molecule has 0 aliphatic heterocycles. The van der Waals surface area contributed by atoms with E-state index in [0.717, 1.165) is 4.90 Å². The Balaban J connectivity index is 2.31. The molecule has 0 atom stereocenters. The van der Waals surface area contributed by atoms with E-state index in [1.807, 2.05) is 12.3 Å². The van der Waals surface area contributed by atoms with Crippen molar-refractivity contribution >= 4 is 29.0 Å². The van der Waals surface area contributed by atoms with E-state index in [2.05, 4.69) is 5.32 Å². The van der Waals surface area contributed by atoms with Gasteiger partial charge < -0.3 is 5.32 Å². The van der Waals surface area contributed by atoms with Crippen molar-refractivity contribution in [3.05, 3.63) is 63.7 Å². The first-order valence-electron chi connectivity index (χ1n) is 6.19. The standard InChI is InChI=1S/C15H11N3O3S/c1-22-12-6-7-14(18(20)21)13(8-12)15(19)17-11-4-2-10(9-16)3-5-11/h2-8H,1H3,(H,17,19). The number of carbonyl (C=O) groups excluding carboxylic acids is 1. The number of hydrogen-bond acceptors (Lipinski definition) is 5. The van der Waals surface area contributed by atoms with Gasteiger partial charge in [0.1, 0.15) is 5.56 Å². The van der Waals surface area contributed by atoms with Crippen LogP contribution in [0.25, 0.3) is 0 Å². The van der Waals surface area contributed by atoms with E-state index in [0.29, 0.717) is 11.3 Å². The number of rotatable bonds is 4. The zero-order valence-corrected chi connectivity index (χ0v) is 12.4. The first kappa shape index (κ1) is 15.5. The maximum absolute atomic E-state index is 12.3. The molecule has 0 radical (unpaired) electrons. The summed E-state index contributed by atoms with van der Waals surface area (Å²) in [6.45, 7) is 0. The number of benzene rings is 2. The molecule has 0 fully saturated rings. The van der Waals surface area contributed by atoms with Crippen molar-refractivity contribution < 1.29 is 9.72 Å². The van der Waals surface area contributed by atoms with Gasteiger partial charge in [0.05, 0.1) is 16.6 Å². The van der Waals surface area contributed by atoms with Gasteiger partial charge in [-0.15, -0.1) is 11.8 Å². The second kappa shape index (κ2) is 6.74. The molecule has 6 nitrogen and oxygen atoms in total. The van der Waals surface area contributed by atoms with Crippen molar-refractivity contribution in [1.82, 2.24) is 0 Å². The lowest BCUT2D eigenvalue weighted by molar-refractivity contribution is -0.385. The van der Waals surface area contributed by atoms with Crippen LogP contribution >= 0.6 is 11.8 Å². The van der Waals surface area contributed by atoms with Gasteiger partial charge in [0.2, 0.25) is 0 Å². The van der Waals surface area contributed by atoms with E-state index in [1.165, 1.54) is 23.9 Å². The van der Waals surface area contributed by atoms with Crippen molar-refractivity contribution in [2.24, 2.45) is 0 Å². The number of anilines is 1. The fourth-order valence-corrected chi connectivity index (χ4v) is 2.25. The summed E-state index contributed by atoms with van der Waals surface area (Å²) < 4.78 is 0. The maximum Gasteiger partial charge on any atom is 0.282 e. The van der Waals surface area contributed by atoms with Crippen LogP contribution in [0, 0.1) is 21.4 Å². The van der Waals surface area contributed by atoms with E-state index in [1.54, 1.807) is 30.3 Å². The topological polar surface area (TPSA) is 96.0 Å². The first-order valence-corrected chi connectivity index (χ1v) is 7.41. The molecule has 22 heavy (non-hydrogen) atoms. The molecule has 0 saturated heterocycles. The lowest BCUT2D eigenvalue weighted by atomic mass is 10.1. The van der Waals surface area contributed by atoms with Crippen LogP contribution in [-0.2, 0) is 0 Å². The number of nitrogens with one attached hydrogen (secondary N) is 1. The van der Waals surface area contributed by atoms with Gasteiger partial charge in [0.15, 0.2) is 0 Å². The van der Waals surface area contributed by atoms with E-state index < -0.39 is 10.8 Å². The third-order valence-electron chi connectivity index (χ3n) is 2.92. The maximum atomic E-state index is 12.3. The molecule has 0 bridgehead atoms. The molecule has 2 rings (SSSR count). The van der Waals surface area contributed by atoms with E-state index in [4.69, 9.17) is 5.26 Å². The highest BCUT2D eigenvalue weighted by Gasteiger charge is 2.20. The molecule has 7 heteroatoms. The predicted molar refractivity (Wildman–Crippen MR) is 84.0 cm³/mol. The monoisotopic (exact) mass is 313 g/mol. The third-order valence-corrected chi connectivity index (χ3v) is 3.64. The highest BCUT2D eigenvalue weighted by molar-refractivity contribution is 7.98. The summed E-state index contributed by atoms with van der Waals surface area (Å²) in [5, 5.41) is 22.4. The quantitative estimate of drug-likeness (QED) is 0.530. The van der Waals surface area contributed by atoms with E-state index in [-0.39, 0.29) is 11.3 Å². The molecular weight excluding hydrogens is 302 g/mol. The summed E-state index contributed by atoms with van der Waals surface area (Å²) in [6.07, 6.45) is 1.82. The second-order valence-electron chi connectivity index (χ2n) is 4.28. The SMILES string of the molecule is CSc1ccc([N+](=O)[O-])c(C(=O)Nc2ccc(C#N)cc2)c1. The average Bonchev–Trinajstić information content (AvgIpc) is 2.54. The molecule has 0 spiro atoms. The summed E-state index contributed by atoms with van der Waals surface area (Å²) in [7, 11) is 0. The van der Waals surface area contributed by atoms with E-state index >= 15 is 0 Å². The Hall–Kier alpha value is -2.85. The minimum Gasteiger partial charge on any atom is -0.322 e. The zero-order chi connectivity index (χ0) is 16.1. The second-order valence-corrected chi connectivity index (χ2v) is 5.16. The molecule has 0 aliphatic carbocycles. The smallest absolute Gasteiger partial charge is 0.282 e. The van der Waals surface area contributed by atoms with E-state index in [9.17, 15) is 14.9 Å². The first-order chi connectivity index (χ1) is 10.5. The number of nitro benzene ring substituents is 1. The largest absolute Gasteiger partial charge is 0.322 e. The Labute approximate surface area is 130 Å². The predicted octanol–water partition coefficient (Wildman–Crippen LogP) is 3.44. The lowest BCUT2D eigenvalue weighted by Crippen LogP contribution is -2.14. The van der Waals surface area contributed by atoms with Crippen LogP contribution in [0.3, 0.4) is 0 Å². The number of carbonyl (C=O) groups is 1. The van der Waals surface area contributed by atoms with Gasteiger partial charge in [0.25, 0.3) is 11.6 Å². The van der Waals surface area contributed by atoms with Crippen LogP contribution in [-0.4, -0.2) is 17.1 Å². The average molecular weight is 313 g/mol. The van der Waals surface area contributed by atoms with Crippen molar-refractivity contribution in [2.75, 3.05) is 11.6 Å². The van der Waals surface area contributed by atoms with Crippen LogP contribution in [0.15, 0.2) is 47.4 Å². The fourth-order valence-electron chi connectivity index (χ4n) is 1.81. The van der Waals surface area contributed by atoms with Gasteiger partial charge in [-0.1, -0.05) is 0 Å². The Morgan fingerprint density at radius 3 is 2.50 bits per heavy atom. The van der Waals surface area contributed by atoms with Crippen molar-refractivity contribution in [1.29, 1.82) is 5.26 Å².